The Kier molecular flexibility index (Phi) is 4.49. The van der Waals surface area contributed by atoms with Gasteiger partial charge in [-0.1, -0.05) is 0 Å². The van der Waals surface area contributed by atoms with Gasteiger partial charge in [-0.25, -0.2) is 9.97 Å². The van der Waals surface area contributed by atoms with Crippen LogP contribution in [0.15, 0.2) is 11.4 Å². The lowest BCUT2D eigenvalue weighted by atomic mass is 9.93. The molecule has 0 saturated carbocycles. The van der Waals surface area contributed by atoms with E-state index in [2.05, 4.69) is 26.2 Å². The molecule has 2 fully saturated rings. The van der Waals surface area contributed by atoms with Crippen LogP contribution >= 0.6 is 11.3 Å². The fourth-order valence-electron chi connectivity index (χ4n) is 3.99. The SMILES string of the molecule is Cc1nc(N2CCC(CCN3CCCC3)CC2)c2ccsc2n1. The highest BCUT2D eigenvalue weighted by atomic mass is 32.1. The second-order valence-electron chi connectivity index (χ2n) is 7.00. The first-order chi connectivity index (χ1) is 11.3. The molecule has 23 heavy (non-hydrogen) atoms. The first kappa shape index (κ1) is 15.3. The first-order valence-corrected chi connectivity index (χ1v) is 9.87. The Hall–Kier alpha value is -1.20. The number of aryl methyl sites for hydroxylation is 1. The van der Waals surface area contributed by atoms with Gasteiger partial charge in [-0.3, -0.25) is 0 Å². The molecule has 4 heterocycles. The quantitative estimate of drug-likeness (QED) is 0.855. The summed E-state index contributed by atoms with van der Waals surface area (Å²) in [5.74, 6) is 2.95. The fraction of sp³-hybridized carbons (Fsp3) is 0.667. The molecule has 0 amide bonds. The lowest BCUT2D eigenvalue weighted by Crippen LogP contribution is -2.35. The predicted octanol–water partition coefficient (Wildman–Crippen LogP) is 3.70. The molecule has 0 N–H and O–H groups in total. The van der Waals surface area contributed by atoms with Gasteiger partial charge in [0.1, 0.15) is 16.5 Å². The topological polar surface area (TPSA) is 32.3 Å². The number of aromatic nitrogens is 2. The Morgan fingerprint density at radius 1 is 1.13 bits per heavy atom. The van der Waals surface area contributed by atoms with Crippen LogP contribution in [0.25, 0.3) is 10.2 Å². The maximum Gasteiger partial charge on any atom is 0.141 e. The van der Waals surface area contributed by atoms with Crippen molar-refractivity contribution < 1.29 is 0 Å². The van der Waals surface area contributed by atoms with Crippen LogP contribution in [0.5, 0.6) is 0 Å². The van der Waals surface area contributed by atoms with E-state index in [9.17, 15) is 0 Å². The van der Waals surface area contributed by atoms with E-state index in [4.69, 9.17) is 4.98 Å². The molecular weight excluding hydrogens is 304 g/mol. The number of anilines is 1. The van der Waals surface area contributed by atoms with Crippen LogP contribution in [0.3, 0.4) is 0 Å². The zero-order valence-corrected chi connectivity index (χ0v) is 14.8. The van der Waals surface area contributed by atoms with Gasteiger partial charge in [-0.05, 0) is 76.0 Å². The summed E-state index contributed by atoms with van der Waals surface area (Å²) < 4.78 is 0. The largest absolute Gasteiger partial charge is 0.356 e. The normalized spacial score (nSPS) is 20.7. The van der Waals surface area contributed by atoms with E-state index in [0.29, 0.717) is 0 Å². The molecule has 2 saturated heterocycles. The van der Waals surface area contributed by atoms with E-state index in [1.807, 2.05) is 6.92 Å². The Bertz CT molecular complexity index is 654. The van der Waals surface area contributed by atoms with Crippen molar-refractivity contribution in [3.05, 3.63) is 17.3 Å². The second kappa shape index (κ2) is 6.73. The molecular formula is C18H26N4S. The zero-order chi connectivity index (χ0) is 15.6. The minimum Gasteiger partial charge on any atom is -0.356 e. The van der Waals surface area contributed by atoms with Crippen LogP contribution < -0.4 is 4.90 Å². The van der Waals surface area contributed by atoms with Crippen molar-refractivity contribution in [3.63, 3.8) is 0 Å². The van der Waals surface area contributed by atoms with Crippen LogP contribution in [-0.2, 0) is 0 Å². The number of rotatable bonds is 4. The van der Waals surface area contributed by atoms with Crippen LogP contribution in [-0.4, -0.2) is 47.6 Å². The van der Waals surface area contributed by atoms with E-state index in [0.717, 1.165) is 35.5 Å². The molecule has 0 aromatic carbocycles. The zero-order valence-electron chi connectivity index (χ0n) is 14.0. The maximum atomic E-state index is 4.74. The molecule has 2 aliphatic heterocycles. The Morgan fingerprint density at radius 3 is 2.70 bits per heavy atom. The lowest BCUT2D eigenvalue weighted by Gasteiger charge is -2.33. The smallest absolute Gasteiger partial charge is 0.141 e. The Labute approximate surface area is 142 Å². The molecule has 124 valence electrons. The van der Waals surface area contributed by atoms with Gasteiger partial charge in [-0.15, -0.1) is 11.3 Å². The van der Waals surface area contributed by atoms with Gasteiger partial charge in [0.15, 0.2) is 0 Å². The van der Waals surface area contributed by atoms with Crippen molar-refractivity contribution in [2.24, 2.45) is 5.92 Å². The van der Waals surface area contributed by atoms with Gasteiger partial charge in [0.05, 0.1) is 5.39 Å². The highest BCUT2D eigenvalue weighted by Gasteiger charge is 2.23. The van der Waals surface area contributed by atoms with Crippen molar-refractivity contribution >= 4 is 27.4 Å². The monoisotopic (exact) mass is 330 g/mol. The van der Waals surface area contributed by atoms with Crippen LogP contribution in [0, 0.1) is 12.8 Å². The van der Waals surface area contributed by atoms with Gasteiger partial charge in [0.25, 0.3) is 0 Å². The summed E-state index contributed by atoms with van der Waals surface area (Å²) in [6.45, 7) is 8.26. The van der Waals surface area contributed by atoms with Gasteiger partial charge in [0, 0.05) is 13.1 Å². The van der Waals surface area contributed by atoms with Crippen molar-refractivity contribution in [1.82, 2.24) is 14.9 Å². The van der Waals surface area contributed by atoms with Crippen LogP contribution in [0.1, 0.15) is 37.9 Å². The summed E-state index contributed by atoms with van der Waals surface area (Å²) in [5.41, 5.74) is 0. The molecule has 0 spiro atoms. The van der Waals surface area contributed by atoms with Crippen molar-refractivity contribution in [2.45, 2.75) is 39.0 Å². The van der Waals surface area contributed by atoms with E-state index >= 15 is 0 Å². The molecule has 0 atom stereocenters. The summed E-state index contributed by atoms with van der Waals surface area (Å²) in [4.78, 5) is 15.6. The highest BCUT2D eigenvalue weighted by Crippen LogP contribution is 2.31. The van der Waals surface area contributed by atoms with E-state index in [1.165, 1.54) is 57.1 Å². The molecule has 2 aliphatic rings. The first-order valence-electron chi connectivity index (χ1n) is 8.99. The van der Waals surface area contributed by atoms with Gasteiger partial charge < -0.3 is 9.80 Å². The van der Waals surface area contributed by atoms with Gasteiger partial charge >= 0.3 is 0 Å². The standard InChI is InChI=1S/C18H26N4S/c1-14-19-17(16-7-13-23-18(16)20-14)22-11-5-15(6-12-22)4-10-21-8-2-3-9-21/h7,13,15H,2-6,8-12H2,1H3. The molecule has 4 rings (SSSR count). The van der Waals surface area contributed by atoms with E-state index in [1.54, 1.807) is 11.3 Å². The third-order valence-electron chi connectivity index (χ3n) is 5.38. The van der Waals surface area contributed by atoms with Crippen molar-refractivity contribution in [1.29, 1.82) is 0 Å². The Morgan fingerprint density at radius 2 is 1.91 bits per heavy atom. The molecule has 2 aromatic heterocycles. The molecule has 0 radical (unpaired) electrons. The van der Waals surface area contributed by atoms with Gasteiger partial charge in [-0.2, -0.15) is 0 Å². The van der Waals surface area contributed by atoms with Crippen molar-refractivity contribution in [2.75, 3.05) is 37.6 Å². The Balaban J connectivity index is 1.37. The van der Waals surface area contributed by atoms with Crippen molar-refractivity contribution in [3.8, 4) is 0 Å². The molecule has 5 heteroatoms. The third-order valence-corrected chi connectivity index (χ3v) is 6.19. The molecule has 0 aliphatic carbocycles. The highest BCUT2D eigenvalue weighted by molar-refractivity contribution is 7.16. The van der Waals surface area contributed by atoms with Crippen LogP contribution in [0.2, 0.25) is 0 Å². The molecule has 2 aromatic rings. The number of hydrogen-bond donors (Lipinski definition) is 0. The van der Waals surface area contributed by atoms with Crippen LogP contribution in [0.4, 0.5) is 5.82 Å². The minimum atomic E-state index is 0.895. The third kappa shape index (κ3) is 3.36. The minimum absolute atomic E-state index is 0.895. The summed E-state index contributed by atoms with van der Waals surface area (Å²) >= 11 is 1.72. The molecule has 0 unspecified atom stereocenters. The maximum absolute atomic E-state index is 4.74. The second-order valence-corrected chi connectivity index (χ2v) is 7.90. The number of thiophene rings is 1. The van der Waals surface area contributed by atoms with Gasteiger partial charge in [0.2, 0.25) is 0 Å². The number of likely N-dealkylation sites (tertiary alicyclic amines) is 1. The molecule has 4 nitrogen and oxygen atoms in total. The van der Waals surface area contributed by atoms with E-state index < -0.39 is 0 Å². The summed E-state index contributed by atoms with van der Waals surface area (Å²) in [6, 6.07) is 2.17. The number of hydrogen-bond acceptors (Lipinski definition) is 5. The fourth-order valence-corrected chi connectivity index (χ4v) is 4.79. The number of piperidine rings is 1. The van der Waals surface area contributed by atoms with E-state index in [-0.39, 0.29) is 0 Å². The summed E-state index contributed by atoms with van der Waals surface area (Å²) in [7, 11) is 0. The number of nitrogens with zero attached hydrogens (tertiary/aromatic N) is 4. The summed E-state index contributed by atoms with van der Waals surface area (Å²) in [5, 5.41) is 3.36. The average molecular weight is 331 g/mol. The lowest BCUT2D eigenvalue weighted by molar-refractivity contribution is 0.280. The average Bonchev–Trinajstić information content (AvgIpc) is 3.24. The number of fused-ring (bicyclic) bond motifs is 1. The summed E-state index contributed by atoms with van der Waals surface area (Å²) in [6.07, 6.45) is 6.81. The predicted molar refractivity (Wildman–Crippen MR) is 97.4 cm³/mol. The molecule has 0 bridgehead atoms.